The highest BCUT2D eigenvalue weighted by Gasteiger charge is 2.18. The Labute approximate surface area is 244 Å². The van der Waals surface area contributed by atoms with Crippen LogP contribution in [-0.2, 0) is 0 Å². The molecule has 0 radical (unpaired) electrons. The van der Waals surface area contributed by atoms with Gasteiger partial charge in [-0.2, -0.15) is 0 Å². The second kappa shape index (κ2) is 10.1. The Bertz CT molecular complexity index is 2120. The van der Waals surface area contributed by atoms with Gasteiger partial charge in [0, 0.05) is 38.8 Å². The monoisotopic (exact) mass is 537 g/mol. The molecule has 198 valence electrons. The van der Waals surface area contributed by atoms with Crippen molar-refractivity contribution in [3.63, 3.8) is 0 Å². The summed E-state index contributed by atoms with van der Waals surface area (Å²) in [6.07, 6.45) is 0. The molecule has 7 aromatic carbocycles. The molecule has 0 amide bonds. The van der Waals surface area contributed by atoms with E-state index in [9.17, 15) is 0 Å². The Morgan fingerprint density at radius 2 is 0.833 bits per heavy atom. The van der Waals surface area contributed by atoms with Gasteiger partial charge in [-0.3, -0.25) is 0 Å². The number of para-hydroxylation sites is 3. The molecular formula is C40H27NO. The van der Waals surface area contributed by atoms with Crippen LogP contribution < -0.4 is 4.90 Å². The van der Waals surface area contributed by atoms with Gasteiger partial charge in [0.15, 0.2) is 0 Å². The molecule has 0 aliphatic rings. The van der Waals surface area contributed by atoms with E-state index in [0.717, 1.165) is 55.5 Å². The van der Waals surface area contributed by atoms with E-state index in [1.807, 2.05) is 0 Å². The fourth-order valence-electron chi connectivity index (χ4n) is 6.10. The Balaban J connectivity index is 1.28. The first kappa shape index (κ1) is 24.2. The lowest BCUT2D eigenvalue weighted by Crippen LogP contribution is -2.09. The third-order valence-corrected chi connectivity index (χ3v) is 8.05. The summed E-state index contributed by atoms with van der Waals surface area (Å²) in [6.45, 7) is 0. The van der Waals surface area contributed by atoms with Crippen molar-refractivity contribution in [1.82, 2.24) is 0 Å². The smallest absolute Gasteiger partial charge is 0.143 e. The van der Waals surface area contributed by atoms with Crippen molar-refractivity contribution in [2.45, 2.75) is 0 Å². The van der Waals surface area contributed by atoms with E-state index in [1.54, 1.807) is 0 Å². The van der Waals surface area contributed by atoms with Gasteiger partial charge in [-0.05, 0) is 64.5 Å². The highest BCUT2D eigenvalue weighted by molar-refractivity contribution is 6.20. The fourth-order valence-corrected chi connectivity index (χ4v) is 6.10. The van der Waals surface area contributed by atoms with Gasteiger partial charge in [-0.25, -0.2) is 0 Å². The summed E-state index contributed by atoms with van der Waals surface area (Å²) in [5.41, 5.74) is 9.84. The minimum Gasteiger partial charge on any atom is -0.455 e. The molecule has 42 heavy (non-hydrogen) atoms. The number of hydrogen-bond donors (Lipinski definition) is 0. The van der Waals surface area contributed by atoms with E-state index < -0.39 is 0 Å². The quantitative estimate of drug-likeness (QED) is 0.217. The fraction of sp³-hybridized carbons (Fsp3) is 0. The normalized spacial score (nSPS) is 11.3. The average Bonchev–Trinajstić information content (AvgIpc) is 3.45. The maximum Gasteiger partial charge on any atom is 0.143 e. The summed E-state index contributed by atoms with van der Waals surface area (Å²) >= 11 is 0. The molecule has 8 aromatic rings. The molecule has 2 nitrogen and oxygen atoms in total. The molecule has 8 rings (SSSR count). The van der Waals surface area contributed by atoms with Crippen LogP contribution in [0.1, 0.15) is 0 Å². The molecule has 0 fully saturated rings. The lowest BCUT2D eigenvalue weighted by atomic mass is 9.95. The third-order valence-electron chi connectivity index (χ3n) is 8.05. The van der Waals surface area contributed by atoms with E-state index >= 15 is 0 Å². The van der Waals surface area contributed by atoms with Gasteiger partial charge in [-0.15, -0.1) is 0 Å². The van der Waals surface area contributed by atoms with Gasteiger partial charge in [0.1, 0.15) is 11.2 Å². The zero-order chi connectivity index (χ0) is 27.9. The maximum atomic E-state index is 6.75. The Kier molecular flexibility index (Phi) is 5.82. The Morgan fingerprint density at radius 3 is 1.50 bits per heavy atom. The Hall–Kier alpha value is -5.60. The van der Waals surface area contributed by atoms with Crippen LogP contribution in [0.15, 0.2) is 168 Å². The van der Waals surface area contributed by atoms with Crippen LogP contribution in [0.4, 0.5) is 17.1 Å². The van der Waals surface area contributed by atoms with Crippen molar-refractivity contribution < 1.29 is 4.42 Å². The molecule has 0 unspecified atom stereocenters. The number of anilines is 3. The SMILES string of the molecule is c1ccc(-c2cc3c4cccc(-c5ccc(N(c6ccccc6)c6ccccc6)cc5)c4oc3c3ccccc23)cc1. The van der Waals surface area contributed by atoms with Gasteiger partial charge in [-0.1, -0.05) is 121 Å². The molecule has 0 saturated carbocycles. The topological polar surface area (TPSA) is 16.4 Å². The summed E-state index contributed by atoms with van der Waals surface area (Å²) in [5.74, 6) is 0. The average molecular weight is 538 g/mol. The van der Waals surface area contributed by atoms with Crippen molar-refractivity contribution in [3.05, 3.63) is 164 Å². The van der Waals surface area contributed by atoms with Crippen LogP contribution in [0, 0.1) is 0 Å². The highest BCUT2D eigenvalue weighted by atomic mass is 16.3. The minimum atomic E-state index is 0.915. The van der Waals surface area contributed by atoms with Crippen molar-refractivity contribution in [2.24, 2.45) is 0 Å². The molecule has 1 heterocycles. The van der Waals surface area contributed by atoms with Gasteiger partial charge < -0.3 is 9.32 Å². The summed E-state index contributed by atoms with van der Waals surface area (Å²) in [5, 5.41) is 4.60. The van der Waals surface area contributed by atoms with Crippen molar-refractivity contribution in [3.8, 4) is 22.3 Å². The summed E-state index contributed by atoms with van der Waals surface area (Å²) in [7, 11) is 0. The molecule has 1 aromatic heterocycles. The molecule has 0 atom stereocenters. The molecule has 0 aliphatic heterocycles. The van der Waals surface area contributed by atoms with E-state index in [2.05, 4.69) is 169 Å². The Morgan fingerprint density at radius 1 is 0.333 bits per heavy atom. The largest absolute Gasteiger partial charge is 0.455 e. The first-order valence-electron chi connectivity index (χ1n) is 14.3. The minimum absolute atomic E-state index is 0.915. The second-order valence-corrected chi connectivity index (χ2v) is 10.6. The predicted molar refractivity (Wildman–Crippen MR) is 177 cm³/mol. The number of nitrogens with zero attached hydrogens (tertiary/aromatic N) is 1. The number of rotatable bonds is 5. The number of benzene rings is 7. The zero-order valence-corrected chi connectivity index (χ0v) is 22.9. The van der Waals surface area contributed by atoms with Gasteiger partial charge in [0.25, 0.3) is 0 Å². The van der Waals surface area contributed by atoms with Crippen molar-refractivity contribution in [1.29, 1.82) is 0 Å². The maximum absolute atomic E-state index is 6.75. The van der Waals surface area contributed by atoms with Crippen LogP contribution in [0.3, 0.4) is 0 Å². The van der Waals surface area contributed by atoms with E-state index in [4.69, 9.17) is 4.42 Å². The summed E-state index contributed by atoms with van der Waals surface area (Å²) < 4.78 is 6.75. The molecule has 0 bridgehead atoms. The first-order valence-corrected chi connectivity index (χ1v) is 14.3. The second-order valence-electron chi connectivity index (χ2n) is 10.6. The number of fused-ring (bicyclic) bond motifs is 5. The summed E-state index contributed by atoms with van der Waals surface area (Å²) in [4.78, 5) is 2.28. The standard InChI is InChI=1S/C40H27NO/c1-4-13-28(14-5-1)37-27-38-36-22-12-21-33(39(36)42-40(38)35-20-11-10-19-34(35)37)29-23-25-32(26-24-29)41(30-15-6-2-7-16-30)31-17-8-3-9-18-31/h1-27H. The van der Waals surface area contributed by atoms with Crippen LogP contribution in [0.5, 0.6) is 0 Å². The van der Waals surface area contributed by atoms with Crippen molar-refractivity contribution >= 4 is 49.8 Å². The van der Waals surface area contributed by atoms with Gasteiger partial charge in [0.2, 0.25) is 0 Å². The molecule has 2 heteroatoms. The highest BCUT2D eigenvalue weighted by Crippen LogP contribution is 2.43. The lowest BCUT2D eigenvalue weighted by molar-refractivity contribution is 0.674. The van der Waals surface area contributed by atoms with Crippen LogP contribution in [0.25, 0.3) is 55.0 Å². The van der Waals surface area contributed by atoms with E-state index in [0.29, 0.717) is 0 Å². The lowest BCUT2D eigenvalue weighted by Gasteiger charge is -2.25. The van der Waals surface area contributed by atoms with E-state index in [-0.39, 0.29) is 0 Å². The van der Waals surface area contributed by atoms with Crippen LogP contribution >= 0.6 is 0 Å². The number of hydrogen-bond acceptors (Lipinski definition) is 2. The molecular weight excluding hydrogens is 510 g/mol. The van der Waals surface area contributed by atoms with Crippen LogP contribution in [0.2, 0.25) is 0 Å². The van der Waals surface area contributed by atoms with Gasteiger partial charge in [0.05, 0.1) is 0 Å². The summed E-state index contributed by atoms with van der Waals surface area (Å²) in [6, 6.07) is 57.7. The zero-order valence-electron chi connectivity index (χ0n) is 22.9. The third kappa shape index (κ3) is 4.05. The molecule has 0 spiro atoms. The predicted octanol–water partition coefficient (Wildman–Crippen LogP) is 11.5. The van der Waals surface area contributed by atoms with Crippen molar-refractivity contribution in [2.75, 3.05) is 4.90 Å². The molecule has 0 aliphatic carbocycles. The molecule has 0 N–H and O–H groups in total. The number of furan rings is 1. The van der Waals surface area contributed by atoms with Gasteiger partial charge >= 0.3 is 0 Å². The molecule has 0 saturated heterocycles. The van der Waals surface area contributed by atoms with E-state index in [1.165, 1.54) is 16.5 Å². The first-order chi connectivity index (χ1) is 20.8. The van der Waals surface area contributed by atoms with Crippen LogP contribution in [-0.4, -0.2) is 0 Å².